The summed E-state index contributed by atoms with van der Waals surface area (Å²) in [7, 11) is -4.76. The fourth-order valence-corrected chi connectivity index (χ4v) is 8.63. The first-order valence-electron chi connectivity index (χ1n) is 11.5. The van der Waals surface area contributed by atoms with Crippen LogP contribution in [0.2, 0.25) is 18.1 Å². The Kier molecular flexibility index (Phi) is 8.09. The molecule has 0 bridgehead atoms. The van der Waals surface area contributed by atoms with Gasteiger partial charge < -0.3 is 8.85 Å². The Morgan fingerprint density at radius 1 is 0.697 bits per heavy atom. The average molecular weight is 474 g/mol. The Balaban J connectivity index is 1.98. The fraction of sp³-hybridized carbons (Fsp3) is 0.321. The van der Waals surface area contributed by atoms with E-state index in [0.717, 1.165) is 0 Å². The van der Waals surface area contributed by atoms with Crippen LogP contribution in [0.4, 0.5) is 0 Å². The van der Waals surface area contributed by atoms with E-state index in [2.05, 4.69) is 113 Å². The van der Waals surface area contributed by atoms with Gasteiger partial charge in [0, 0.05) is 0 Å². The molecule has 0 fully saturated rings. The number of hydrogen-bond donors (Lipinski definition) is 0. The molecule has 0 radical (unpaired) electrons. The molecule has 172 valence electrons. The first-order valence-corrected chi connectivity index (χ1v) is 16.4. The van der Waals surface area contributed by atoms with Gasteiger partial charge in [-0.05, 0) is 33.7 Å². The topological polar surface area (TPSA) is 42.2 Å². The van der Waals surface area contributed by atoms with Crippen LogP contribution in [-0.2, 0) is 8.85 Å². The van der Waals surface area contributed by atoms with E-state index in [0.29, 0.717) is 13.2 Å². The van der Waals surface area contributed by atoms with Crippen molar-refractivity contribution in [1.82, 2.24) is 0 Å². The van der Waals surface area contributed by atoms with E-state index in [4.69, 9.17) is 8.85 Å². The van der Waals surface area contributed by atoms with Crippen LogP contribution in [0.1, 0.15) is 20.8 Å². The van der Waals surface area contributed by atoms with E-state index in [9.17, 15) is 5.26 Å². The molecule has 0 amide bonds. The second kappa shape index (κ2) is 10.6. The summed E-state index contributed by atoms with van der Waals surface area (Å²) < 4.78 is 13.3. The van der Waals surface area contributed by atoms with Crippen molar-refractivity contribution in [2.24, 2.45) is 5.92 Å². The first-order chi connectivity index (χ1) is 15.7. The smallest absolute Gasteiger partial charge is 0.288 e. The van der Waals surface area contributed by atoms with Crippen molar-refractivity contribution in [1.29, 1.82) is 5.26 Å². The minimum atomic E-state index is -2.81. The highest BCUT2D eigenvalue weighted by atomic mass is 28.4. The number of hydrogen-bond acceptors (Lipinski definition) is 3. The summed E-state index contributed by atoms with van der Waals surface area (Å²) in [6.45, 7) is 11.8. The van der Waals surface area contributed by atoms with Gasteiger partial charge in [0.05, 0.1) is 25.2 Å². The molecular weight excluding hydrogens is 438 g/mol. The number of nitriles is 1. The number of rotatable bonds is 9. The van der Waals surface area contributed by atoms with E-state index in [1.54, 1.807) is 0 Å². The average Bonchev–Trinajstić information content (AvgIpc) is 2.82. The Bertz CT molecular complexity index is 945. The monoisotopic (exact) mass is 473 g/mol. The summed E-state index contributed by atoms with van der Waals surface area (Å²) in [5, 5.41) is 13.6. The normalized spacial score (nSPS) is 13.3. The molecule has 0 aromatic heterocycles. The van der Waals surface area contributed by atoms with E-state index in [1.165, 1.54) is 15.6 Å². The highest BCUT2D eigenvalue weighted by molar-refractivity contribution is 7.07. The second-order valence-corrected chi connectivity index (χ2v) is 18.2. The third-order valence-corrected chi connectivity index (χ3v) is 15.2. The van der Waals surface area contributed by atoms with Crippen LogP contribution >= 0.6 is 0 Å². The van der Waals surface area contributed by atoms with Crippen LogP contribution in [0, 0.1) is 17.2 Å². The van der Waals surface area contributed by atoms with Gasteiger partial charge >= 0.3 is 0 Å². The molecule has 1 atom stereocenters. The summed E-state index contributed by atoms with van der Waals surface area (Å²) >= 11 is 0. The zero-order valence-electron chi connectivity index (χ0n) is 20.4. The summed E-state index contributed by atoms with van der Waals surface area (Å²) in [4.78, 5) is 0. The highest BCUT2D eigenvalue weighted by Gasteiger charge is 2.43. The van der Waals surface area contributed by atoms with E-state index in [-0.39, 0.29) is 11.0 Å². The van der Waals surface area contributed by atoms with Gasteiger partial charge in [-0.3, -0.25) is 0 Å². The van der Waals surface area contributed by atoms with Gasteiger partial charge in [-0.15, -0.1) is 0 Å². The Hall–Kier alpha value is -2.50. The molecule has 0 aliphatic rings. The molecule has 0 saturated heterocycles. The van der Waals surface area contributed by atoms with Gasteiger partial charge in [-0.1, -0.05) is 112 Å². The molecule has 3 aromatic carbocycles. The predicted molar refractivity (Wildman–Crippen MR) is 142 cm³/mol. The maximum absolute atomic E-state index is 9.96. The first kappa shape index (κ1) is 25.1. The molecule has 0 N–H and O–H groups in total. The maximum atomic E-state index is 9.96. The van der Waals surface area contributed by atoms with Gasteiger partial charge in [0.1, 0.15) is 0 Å². The molecular formula is C28H35NO2Si2. The van der Waals surface area contributed by atoms with Crippen molar-refractivity contribution >= 4 is 32.2 Å². The van der Waals surface area contributed by atoms with Crippen molar-refractivity contribution in [3.63, 3.8) is 0 Å². The lowest BCUT2D eigenvalue weighted by atomic mass is 10.2. The molecule has 0 spiro atoms. The zero-order valence-corrected chi connectivity index (χ0v) is 22.4. The molecule has 5 heteroatoms. The summed E-state index contributed by atoms with van der Waals surface area (Å²) in [5.74, 6) is -0.331. The van der Waals surface area contributed by atoms with Crippen molar-refractivity contribution in [3.8, 4) is 6.07 Å². The number of benzene rings is 3. The third kappa shape index (κ3) is 5.71. The molecule has 0 aliphatic carbocycles. The lowest BCUT2D eigenvalue weighted by Gasteiger charge is -2.37. The maximum Gasteiger partial charge on any atom is 0.288 e. The van der Waals surface area contributed by atoms with Crippen LogP contribution in [-0.4, -0.2) is 29.8 Å². The largest absolute Gasteiger partial charge is 0.415 e. The Labute approximate surface area is 201 Å². The van der Waals surface area contributed by atoms with Crippen LogP contribution in [0.3, 0.4) is 0 Å². The van der Waals surface area contributed by atoms with Gasteiger partial charge in [-0.2, -0.15) is 5.26 Å². The minimum absolute atomic E-state index is 0.102. The molecule has 3 aromatic rings. The van der Waals surface area contributed by atoms with Crippen molar-refractivity contribution in [2.45, 2.75) is 38.9 Å². The van der Waals surface area contributed by atoms with Crippen molar-refractivity contribution < 1.29 is 8.85 Å². The second-order valence-electron chi connectivity index (χ2n) is 9.99. The standard InChI is InChI=1S/C28H35NO2Si2/c1-28(2,3)32(4,5)30-22-24(21-29)23-31-33(25-15-9-6-10-16-25,26-17-11-7-12-18-26)27-19-13-8-14-20-27/h6-20,24H,22-23H2,1-5H3. The molecule has 33 heavy (non-hydrogen) atoms. The SMILES string of the molecule is CC(C)(C)[Si](C)(C)OCC(C#N)CO[Si](c1ccccc1)(c1ccccc1)c1ccccc1. The minimum Gasteiger partial charge on any atom is -0.415 e. The number of nitrogens with zero attached hydrogens (tertiary/aromatic N) is 1. The molecule has 0 heterocycles. The lowest BCUT2D eigenvalue weighted by molar-refractivity contribution is 0.197. The highest BCUT2D eigenvalue weighted by Crippen LogP contribution is 2.36. The van der Waals surface area contributed by atoms with Gasteiger partial charge in [0.25, 0.3) is 8.32 Å². The summed E-state index contributed by atoms with van der Waals surface area (Å²) in [6.07, 6.45) is 0. The van der Waals surface area contributed by atoms with Gasteiger partial charge in [0.15, 0.2) is 8.32 Å². The molecule has 0 saturated carbocycles. The van der Waals surface area contributed by atoms with E-state index < -0.39 is 16.6 Å². The molecule has 3 rings (SSSR count). The van der Waals surface area contributed by atoms with Crippen molar-refractivity contribution in [2.75, 3.05) is 13.2 Å². The fourth-order valence-electron chi connectivity index (χ4n) is 3.64. The van der Waals surface area contributed by atoms with E-state index >= 15 is 0 Å². The van der Waals surface area contributed by atoms with Gasteiger partial charge in [0.2, 0.25) is 0 Å². The lowest BCUT2D eigenvalue weighted by Crippen LogP contribution is -2.69. The van der Waals surface area contributed by atoms with E-state index in [1.807, 2.05) is 18.2 Å². The molecule has 1 unspecified atom stereocenters. The summed E-state index contributed by atoms with van der Waals surface area (Å²) in [6, 6.07) is 33.8. The van der Waals surface area contributed by atoms with Crippen LogP contribution in [0.5, 0.6) is 0 Å². The Morgan fingerprint density at radius 2 is 1.06 bits per heavy atom. The van der Waals surface area contributed by atoms with Gasteiger partial charge in [-0.25, -0.2) is 0 Å². The van der Waals surface area contributed by atoms with Crippen LogP contribution < -0.4 is 15.6 Å². The molecule has 0 aliphatic heterocycles. The predicted octanol–water partition coefficient (Wildman–Crippen LogP) is 4.83. The van der Waals surface area contributed by atoms with Crippen LogP contribution in [0.15, 0.2) is 91.0 Å². The molecule has 3 nitrogen and oxygen atoms in total. The zero-order chi connectivity index (χ0) is 24.0. The van der Waals surface area contributed by atoms with Crippen LogP contribution in [0.25, 0.3) is 0 Å². The third-order valence-electron chi connectivity index (χ3n) is 6.68. The quantitative estimate of drug-likeness (QED) is 0.330. The Morgan fingerprint density at radius 3 is 1.39 bits per heavy atom. The van der Waals surface area contributed by atoms with Crippen molar-refractivity contribution in [3.05, 3.63) is 91.0 Å². The summed E-state index contributed by atoms with van der Waals surface area (Å²) in [5.41, 5.74) is 0.